The highest BCUT2D eigenvalue weighted by Crippen LogP contribution is 2.15. The van der Waals surface area contributed by atoms with Gasteiger partial charge in [0.15, 0.2) is 0 Å². The van der Waals surface area contributed by atoms with Crippen LogP contribution in [0.1, 0.15) is 25.3 Å². The summed E-state index contributed by atoms with van der Waals surface area (Å²) < 4.78 is 5.07. The van der Waals surface area contributed by atoms with E-state index in [0.29, 0.717) is 25.3 Å². The van der Waals surface area contributed by atoms with Crippen LogP contribution in [0.3, 0.4) is 0 Å². The van der Waals surface area contributed by atoms with Crippen LogP contribution in [-0.4, -0.2) is 30.8 Å². The molecule has 1 unspecified atom stereocenters. The molecule has 0 aliphatic carbocycles. The van der Waals surface area contributed by atoms with Crippen molar-refractivity contribution in [3.8, 4) is 0 Å². The third kappa shape index (κ3) is 6.27. The second-order valence-electron chi connectivity index (χ2n) is 4.80. The van der Waals surface area contributed by atoms with Crippen LogP contribution in [-0.2, 0) is 16.1 Å². The first kappa shape index (κ1) is 17.0. The highest BCUT2D eigenvalue weighted by molar-refractivity contribution is 5.90. The maximum Gasteiger partial charge on any atom is 0.319 e. The maximum atomic E-state index is 11.9. The molecule has 1 aromatic rings. The van der Waals surface area contributed by atoms with Gasteiger partial charge in [-0.1, -0.05) is 31.5 Å². The van der Waals surface area contributed by atoms with Crippen molar-refractivity contribution >= 4 is 17.7 Å². The number of carboxylic acids is 1. The molecule has 0 bridgehead atoms. The van der Waals surface area contributed by atoms with E-state index in [4.69, 9.17) is 9.84 Å². The lowest BCUT2D eigenvalue weighted by molar-refractivity contribution is -0.138. The quantitative estimate of drug-likeness (QED) is 0.687. The topological polar surface area (TPSA) is 87.7 Å². The number of amides is 2. The number of carbonyl (C=O) groups excluding carboxylic acids is 1. The second-order valence-corrected chi connectivity index (χ2v) is 4.80. The minimum Gasteiger partial charge on any atom is -0.481 e. The van der Waals surface area contributed by atoms with E-state index in [1.807, 2.05) is 25.1 Å². The van der Waals surface area contributed by atoms with Crippen LogP contribution in [0.25, 0.3) is 0 Å². The fraction of sp³-hybridized carbons (Fsp3) is 0.467. The van der Waals surface area contributed by atoms with Gasteiger partial charge < -0.3 is 20.5 Å². The van der Waals surface area contributed by atoms with Crippen LogP contribution in [0, 0.1) is 5.92 Å². The maximum absolute atomic E-state index is 11.9. The number of carbonyl (C=O) groups is 2. The number of para-hydroxylation sites is 1. The Bertz CT molecular complexity index is 476. The lowest BCUT2D eigenvalue weighted by Gasteiger charge is -2.15. The molecule has 116 valence electrons. The lowest BCUT2D eigenvalue weighted by Crippen LogP contribution is -2.33. The molecule has 0 heterocycles. The third-order valence-corrected chi connectivity index (χ3v) is 3.16. The van der Waals surface area contributed by atoms with Crippen molar-refractivity contribution in [3.63, 3.8) is 0 Å². The highest BCUT2D eigenvalue weighted by atomic mass is 16.5. The number of aliphatic carboxylic acids is 1. The van der Waals surface area contributed by atoms with Crippen molar-refractivity contribution in [3.05, 3.63) is 29.8 Å². The molecule has 1 aromatic carbocycles. The predicted octanol–water partition coefficient (Wildman–Crippen LogP) is 2.46. The van der Waals surface area contributed by atoms with E-state index in [1.54, 1.807) is 13.2 Å². The molecular formula is C15H22N2O4. The largest absolute Gasteiger partial charge is 0.481 e. The number of carboxylic acid groups (broad SMARTS) is 1. The fourth-order valence-corrected chi connectivity index (χ4v) is 1.93. The second kappa shape index (κ2) is 8.97. The number of hydrogen-bond donors (Lipinski definition) is 3. The SMILES string of the molecule is CCC(CNC(=O)Nc1ccccc1COC)CC(=O)O. The van der Waals surface area contributed by atoms with E-state index in [9.17, 15) is 9.59 Å². The van der Waals surface area contributed by atoms with Crippen molar-refractivity contribution in [1.82, 2.24) is 5.32 Å². The average Bonchev–Trinajstić information content (AvgIpc) is 2.45. The molecular weight excluding hydrogens is 272 g/mol. The first-order chi connectivity index (χ1) is 10.1. The van der Waals surface area contributed by atoms with Crippen LogP contribution in [0.5, 0.6) is 0 Å². The van der Waals surface area contributed by atoms with Crippen LogP contribution in [0.15, 0.2) is 24.3 Å². The van der Waals surface area contributed by atoms with Crippen molar-refractivity contribution in [2.45, 2.75) is 26.4 Å². The van der Waals surface area contributed by atoms with Gasteiger partial charge in [-0.25, -0.2) is 4.79 Å². The summed E-state index contributed by atoms with van der Waals surface area (Å²) in [5.74, 6) is -0.919. The van der Waals surface area contributed by atoms with Gasteiger partial charge in [0.2, 0.25) is 0 Å². The van der Waals surface area contributed by atoms with E-state index in [1.165, 1.54) is 0 Å². The zero-order chi connectivity index (χ0) is 15.7. The van der Waals surface area contributed by atoms with Gasteiger partial charge in [-0.2, -0.15) is 0 Å². The molecule has 2 amide bonds. The summed E-state index contributed by atoms with van der Waals surface area (Å²) in [4.78, 5) is 22.5. The first-order valence-corrected chi connectivity index (χ1v) is 6.90. The number of ether oxygens (including phenoxy) is 1. The molecule has 0 saturated heterocycles. The molecule has 1 atom stereocenters. The Hall–Kier alpha value is -2.08. The van der Waals surface area contributed by atoms with Gasteiger partial charge in [0.25, 0.3) is 0 Å². The molecule has 1 rings (SSSR count). The van der Waals surface area contributed by atoms with E-state index >= 15 is 0 Å². The molecule has 6 heteroatoms. The normalized spacial score (nSPS) is 11.7. The molecule has 3 N–H and O–H groups in total. The van der Waals surface area contributed by atoms with Gasteiger partial charge in [0.1, 0.15) is 0 Å². The van der Waals surface area contributed by atoms with Gasteiger partial charge in [0.05, 0.1) is 6.61 Å². The smallest absolute Gasteiger partial charge is 0.319 e. The van der Waals surface area contributed by atoms with Gasteiger partial charge in [-0.05, 0) is 12.0 Å². The molecule has 0 saturated carbocycles. The van der Waals surface area contributed by atoms with E-state index < -0.39 is 5.97 Å². The summed E-state index contributed by atoms with van der Waals surface area (Å²) in [5, 5.41) is 14.2. The summed E-state index contributed by atoms with van der Waals surface area (Å²) in [5.41, 5.74) is 1.57. The molecule has 0 radical (unpaired) electrons. The molecule has 0 aromatic heterocycles. The minimum absolute atomic E-state index is 0.0526. The predicted molar refractivity (Wildman–Crippen MR) is 80.2 cm³/mol. The lowest BCUT2D eigenvalue weighted by atomic mass is 10.0. The van der Waals surface area contributed by atoms with Crippen LogP contribution in [0.2, 0.25) is 0 Å². The number of rotatable bonds is 8. The summed E-state index contributed by atoms with van der Waals surface area (Å²) in [6.45, 7) is 2.65. The van der Waals surface area contributed by atoms with E-state index in [-0.39, 0.29) is 18.4 Å². The van der Waals surface area contributed by atoms with Gasteiger partial charge >= 0.3 is 12.0 Å². The fourth-order valence-electron chi connectivity index (χ4n) is 1.93. The summed E-state index contributed by atoms with van der Waals surface area (Å²) in [6.07, 6.45) is 0.754. The highest BCUT2D eigenvalue weighted by Gasteiger charge is 2.13. The van der Waals surface area contributed by atoms with Crippen LogP contribution in [0.4, 0.5) is 10.5 Å². The number of benzene rings is 1. The van der Waals surface area contributed by atoms with Gasteiger partial charge in [-0.15, -0.1) is 0 Å². The Morgan fingerprint density at radius 1 is 1.33 bits per heavy atom. The van der Waals surface area contributed by atoms with Crippen LogP contribution >= 0.6 is 0 Å². The Balaban J connectivity index is 2.52. The Morgan fingerprint density at radius 2 is 2.05 bits per heavy atom. The van der Waals surface area contributed by atoms with Crippen molar-refractivity contribution < 1.29 is 19.4 Å². The summed E-state index contributed by atoms with van der Waals surface area (Å²) >= 11 is 0. The Kier molecular flexibility index (Phi) is 7.25. The number of anilines is 1. The molecule has 0 aliphatic rings. The van der Waals surface area contributed by atoms with Gasteiger partial charge in [0, 0.05) is 31.3 Å². The molecule has 21 heavy (non-hydrogen) atoms. The van der Waals surface area contributed by atoms with Gasteiger partial charge in [-0.3, -0.25) is 4.79 Å². The number of hydrogen-bond acceptors (Lipinski definition) is 3. The van der Waals surface area contributed by atoms with Crippen molar-refractivity contribution in [1.29, 1.82) is 0 Å². The number of urea groups is 1. The number of nitrogens with one attached hydrogen (secondary N) is 2. The van der Waals surface area contributed by atoms with Crippen LogP contribution < -0.4 is 10.6 Å². The standard InChI is InChI=1S/C15H22N2O4/c1-3-11(8-14(18)19)9-16-15(20)17-13-7-5-4-6-12(13)10-21-2/h4-7,11H,3,8-10H2,1-2H3,(H,18,19)(H2,16,17,20). The van der Waals surface area contributed by atoms with E-state index in [2.05, 4.69) is 10.6 Å². The summed E-state index contributed by atoms with van der Waals surface area (Å²) in [7, 11) is 1.59. The number of methoxy groups -OCH3 is 1. The average molecular weight is 294 g/mol. The monoisotopic (exact) mass is 294 g/mol. The molecule has 0 spiro atoms. The Morgan fingerprint density at radius 3 is 2.67 bits per heavy atom. The Labute approximate surface area is 124 Å². The molecule has 6 nitrogen and oxygen atoms in total. The molecule has 0 aliphatic heterocycles. The molecule has 0 fully saturated rings. The van der Waals surface area contributed by atoms with Crippen molar-refractivity contribution in [2.75, 3.05) is 19.0 Å². The minimum atomic E-state index is -0.852. The summed E-state index contributed by atoms with van der Waals surface area (Å²) in [6, 6.07) is 7.02. The van der Waals surface area contributed by atoms with E-state index in [0.717, 1.165) is 5.56 Å². The zero-order valence-electron chi connectivity index (χ0n) is 12.4. The first-order valence-electron chi connectivity index (χ1n) is 6.90. The van der Waals surface area contributed by atoms with Crippen molar-refractivity contribution in [2.24, 2.45) is 5.92 Å². The third-order valence-electron chi connectivity index (χ3n) is 3.16. The zero-order valence-corrected chi connectivity index (χ0v) is 12.4.